The molecule has 3 N–H and O–H groups in total. The molecule has 1 heterocycles. The molecule has 0 unspecified atom stereocenters. The summed E-state index contributed by atoms with van der Waals surface area (Å²) >= 11 is 5.98. The molecule has 0 saturated carbocycles. The van der Waals surface area contributed by atoms with Crippen molar-refractivity contribution in [2.45, 2.75) is 39.2 Å². The van der Waals surface area contributed by atoms with Gasteiger partial charge in [0.15, 0.2) is 0 Å². The first-order valence-corrected chi connectivity index (χ1v) is 9.07. The first-order chi connectivity index (χ1) is 12.0. The van der Waals surface area contributed by atoms with Crippen LogP contribution in [0.5, 0.6) is 0 Å². The van der Waals surface area contributed by atoms with Crippen molar-refractivity contribution in [2.75, 3.05) is 22.5 Å². The summed E-state index contributed by atoms with van der Waals surface area (Å²) in [5.74, 6) is -0.212. The third-order valence-electron chi connectivity index (χ3n) is 4.82. The molecular weight excluding hydrogens is 334 g/mol. The van der Waals surface area contributed by atoms with Crippen molar-refractivity contribution in [1.29, 1.82) is 0 Å². The molecule has 3 rings (SSSR count). The van der Waals surface area contributed by atoms with Crippen molar-refractivity contribution in [3.8, 4) is 0 Å². The number of rotatable bonds is 3. The van der Waals surface area contributed by atoms with E-state index in [9.17, 15) is 4.79 Å². The van der Waals surface area contributed by atoms with E-state index >= 15 is 0 Å². The summed E-state index contributed by atoms with van der Waals surface area (Å²) in [5, 5.41) is 3.46. The first kappa shape index (κ1) is 17.6. The minimum absolute atomic E-state index is 0.212. The highest BCUT2D eigenvalue weighted by molar-refractivity contribution is 6.31. The highest BCUT2D eigenvalue weighted by Gasteiger charge is 2.21. The molecule has 0 bridgehead atoms. The van der Waals surface area contributed by atoms with E-state index in [4.69, 9.17) is 17.3 Å². The molecule has 2 aromatic carbocycles. The van der Waals surface area contributed by atoms with Crippen LogP contribution in [0.25, 0.3) is 0 Å². The second-order valence-corrected chi connectivity index (χ2v) is 7.17. The largest absolute Gasteiger partial charge is 0.397 e. The number of nitrogens with two attached hydrogens (primary N) is 1. The van der Waals surface area contributed by atoms with E-state index in [2.05, 4.69) is 24.1 Å². The molecule has 132 valence electrons. The van der Waals surface area contributed by atoms with Crippen molar-refractivity contribution < 1.29 is 4.79 Å². The van der Waals surface area contributed by atoms with Gasteiger partial charge in [-0.3, -0.25) is 4.79 Å². The predicted octanol–water partition coefficient (Wildman–Crippen LogP) is 4.86. The molecule has 0 aromatic heterocycles. The molecule has 25 heavy (non-hydrogen) atoms. The zero-order valence-electron chi connectivity index (χ0n) is 14.7. The van der Waals surface area contributed by atoms with Crippen molar-refractivity contribution >= 4 is 34.6 Å². The standard InChI is InChI=1S/C20H24ClN3O/c1-13-10-17(22)18(12-19(13)24-9-4-3-6-14(24)2)23-20(25)15-7-5-8-16(21)11-15/h5,7-8,10-12,14H,3-4,6,9,22H2,1-2H3,(H,23,25)/t14-/m0/s1. The summed E-state index contributed by atoms with van der Waals surface area (Å²) in [6.07, 6.45) is 3.65. The number of benzene rings is 2. The number of nitrogens with one attached hydrogen (secondary N) is 1. The molecule has 1 aliphatic rings. The SMILES string of the molecule is Cc1cc(N)c(NC(=O)c2cccc(Cl)c2)cc1N1CCCC[C@@H]1C. The summed E-state index contributed by atoms with van der Waals surface area (Å²) in [6.45, 7) is 5.35. The van der Waals surface area contributed by atoms with Gasteiger partial charge in [0.05, 0.1) is 11.4 Å². The third kappa shape index (κ3) is 3.90. The molecular formula is C20H24ClN3O. The zero-order chi connectivity index (χ0) is 18.0. The number of carbonyl (C=O) groups is 1. The quantitative estimate of drug-likeness (QED) is 0.771. The Morgan fingerprint density at radius 3 is 2.80 bits per heavy atom. The number of hydrogen-bond donors (Lipinski definition) is 2. The maximum absolute atomic E-state index is 12.5. The number of amides is 1. The fourth-order valence-electron chi connectivity index (χ4n) is 3.42. The van der Waals surface area contributed by atoms with Crippen LogP contribution in [0.15, 0.2) is 36.4 Å². The monoisotopic (exact) mass is 357 g/mol. The van der Waals surface area contributed by atoms with Crippen LogP contribution < -0.4 is 16.0 Å². The Labute approximate surface area is 154 Å². The highest BCUT2D eigenvalue weighted by atomic mass is 35.5. The molecule has 0 spiro atoms. The third-order valence-corrected chi connectivity index (χ3v) is 5.05. The van der Waals surface area contributed by atoms with E-state index in [1.807, 2.05) is 12.1 Å². The van der Waals surface area contributed by atoms with Crippen LogP contribution in [0.3, 0.4) is 0 Å². The summed E-state index contributed by atoms with van der Waals surface area (Å²) < 4.78 is 0. The van der Waals surface area contributed by atoms with Crippen molar-refractivity contribution in [1.82, 2.24) is 0 Å². The minimum atomic E-state index is -0.212. The van der Waals surface area contributed by atoms with Gasteiger partial charge in [0.2, 0.25) is 0 Å². The molecule has 0 aliphatic carbocycles. The maximum atomic E-state index is 12.5. The van der Waals surface area contributed by atoms with E-state index in [1.165, 1.54) is 19.3 Å². The van der Waals surface area contributed by atoms with Gasteiger partial charge in [-0.15, -0.1) is 0 Å². The smallest absolute Gasteiger partial charge is 0.255 e. The van der Waals surface area contributed by atoms with Crippen LogP contribution in [0, 0.1) is 6.92 Å². The second-order valence-electron chi connectivity index (χ2n) is 6.73. The summed E-state index contributed by atoms with van der Waals surface area (Å²) in [6, 6.07) is 11.3. The predicted molar refractivity (Wildman–Crippen MR) is 106 cm³/mol. The van der Waals surface area contributed by atoms with Gasteiger partial charge in [-0.1, -0.05) is 17.7 Å². The number of hydrogen-bond acceptors (Lipinski definition) is 3. The summed E-state index contributed by atoms with van der Waals surface area (Å²) in [4.78, 5) is 14.9. The van der Waals surface area contributed by atoms with E-state index in [0.717, 1.165) is 17.8 Å². The van der Waals surface area contributed by atoms with Crippen LogP contribution in [-0.4, -0.2) is 18.5 Å². The van der Waals surface area contributed by atoms with Crippen molar-refractivity contribution in [3.05, 3.63) is 52.5 Å². The Hall–Kier alpha value is -2.20. The van der Waals surface area contributed by atoms with Gasteiger partial charge >= 0.3 is 0 Å². The van der Waals surface area contributed by atoms with E-state index < -0.39 is 0 Å². The molecule has 1 atom stereocenters. The Morgan fingerprint density at radius 2 is 2.08 bits per heavy atom. The number of anilines is 3. The number of halogens is 1. The molecule has 0 radical (unpaired) electrons. The fourth-order valence-corrected chi connectivity index (χ4v) is 3.61. The fraction of sp³-hybridized carbons (Fsp3) is 0.350. The topological polar surface area (TPSA) is 58.4 Å². The first-order valence-electron chi connectivity index (χ1n) is 8.69. The lowest BCUT2D eigenvalue weighted by Crippen LogP contribution is -2.37. The minimum Gasteiger partial charge on any atom is -0.397 e. The lowest BCUT2D eigenvalue weighted by atomic mass is 10.0. The average molecular weight is 358 g/mol. The Morgan fingerprint density at radius 1 is 1.28 bits per heavy atom. The normalized spacial score (nSPS) is 17.4. The van der Waals surface area contributed by atoms with Crippen LogP contribution in [0.2, 0.25) is 5.02 Å². The Bertz CT molecular complexity index is 791. The van der Waals surface area contributed by atoms with E-state index in [0.29, 0.717) is 28.0 Å². The van der Waals surface area contributed by atoms with E-state index in [1.54, 1.807) is 24.3 Å². The summed E-state index contributed by atoms with van der Waals surface area (Å²) in [7, 11) is 0. The maximum Gasteiger partial charge on any atom is 0.255 e. The van der Waals surface area contributed by atoms with Crippen LogP contribution in [-0.2, 0) is 0 Å². The zero-order valence-corrected chi connectivity index (χ0v) is 15.4. The lowest BCUT2D eigenvalue weighted by Gasteiger charge is -2.36. The van der Waals surface area contributed by atoms with Crippen molar-refractivity contribution in [2.24, 2.45) is 0 Å². The number of piperidine rings is 1. The molecule has 5 heteroatoms. The Kier molecular flexibility index (Phi) is 5.19. The second kappa shape index (κ2) is 7.36. The van der Waals surface area contributed by atoms with Gasteiger partial charge in [0, 0.05) is 28.9 Å². The molecule has 2 aromatic rings. The van der Waals surface area contributed by atoms with Crippen LogP contribution >= 0.6 is 11.6 Å². The highest BCUT2D eigenvalue weighted by Crippen LogP contribution is 2.33. The van der Waals surface area contributed by atoms with Gasteiger partial charge in [-0.05, 0) is 69.0 Å². The Balaban J connectivity index is 1.88. The van der Waals surface area contributed by atoms with Gasteiger partial charge < -0.3 is 16.0 Å². The average Bonchev–Trinajstić information content (AvgIpc) is 2.58. The van der Waals surface area contributed by atoms with Gasteiger partial charge in [-0.2, -0.15) is 0 Å². The van der Waals surface area contributed by atoms with Crippen LogP contribution in [0.4, 0.5) is 17.1 Å². The van der Waals surface area contributed by atoms with E-state index in [-0.39, 0.29) is 5.91 Å². The molecule has 1 aliphatic heterocycles. The van der Waals surface area contributed by atoms with Crippen LogP contribution in [0.1, 0.15) is 42.1 Å². The number of nitrogen functional groups attached to an aromatic ring is 1. The number of nitrogens with zero attached hydrogens (tertiary/aromatic N) is 1. The van der Waals surface area contributed by atoms with Crippen molar-refractivity contribution in [3.63, 3.8) is 0 Å². The van der Waals surface area contributed by atoms with Gasteiger partial charge in [0.1, 0.15) is 0 Å². The number of carbonyl (C=O) groups excluding carboxylic acids is 1. The summed E-state index contributed by atoms with van der Waals surface area (Å²) in [5.41, 5.74) is 10.2. The molecule has 1 saturated heterocycles. The van der Waals surface area contributed by atoms with Gasteiger partial charge in [0.25, 0.3) is 5.91 Å². The number of aryl methyl sites for hydroxylation is 1. The molecule has 1 fully saturated rings. The van der Waals surface area contributed by atoms with Gasteiger partial charge in [-0.25, -0.2) is 0 Å². The lowest BCUT2D eigenvalue weighted by molar-refractivity contribution is 0.102. The molecule has 1 amide bonds. The molecule has 4 nitrogen and oxygen atoms in total.